The number of nitrogens with one attached hydrogen (secondary N) is 1. The number of para-hydroxylation sites is 1. The number of hydrogen-bond donors (Lipinski definition) is 1. The summed E-state index contributed by atoms with van der Waals surface area (Å²) < 4.78 is 5.49. The van der Waals surface area contributed by atoms with E-state index in [-0.39, 0.29) is 18.4 Å². The van der Waals surface area contributed by atoms with Crippen molar-refractivity contribution in [3.05, 3.63) is 59.4 Å². The first kappa shape index (κ1) is 15.3. The van der Waals surface area contributed by atoms with Crippen LogP contribution in [0.15, 0.2) is 48.8 Å². The molecule has 4 nitrogen and oxygen atoms in total. The highest BCUT2D eigenvalue weighted by Crippen LogP contribution is 2.23. The lowest BCUT2D eigenvalue weighted by Gasteiger charge is -2.14. The Hall–Kier alpha value is -2.07. The lowest BCUT2D eigenvalue weighted by molar-refractivity contribution is -0.122. The van der Waals surface area contributed by atoms with Crippen LogP contribution >= 0.6 is 11.6 Å². The largest absolute Gasteiger partial charge is 0.491 e. The highest BCUT2D eigenvalue weighted by molar-refractivity contribution is 6.32. The number of rotatable bonds is 6. The van der Waals surface area contributed by atoms with Crippen molar-refractivity contribution in [1.29, 1.82) is 0 Å². The average molecular weight is 305 g/mol. The second kappa shape index (κ2) is 7.64. The average Bonchev–Trinajstić information content (AvgIpc) is 2.50. The molecule has 0 saturated heterocycles. The van der Waals surface area contributed by atoms with Gasteiger partial charge >= 0.3 is 0 Å². The summed E-state index contributed by atoms with van der Waals surface area (Å²) in [6.07, 6.45) is 3.69. The second-order valence-corrected chi connectivity index (χ2v) is 5.01. The molecule has 0 aliphatic carbocycles. The van der Waals surface area contributed by atoms with Crippen molar-refractivity contribution in [2.45, 2.75) is 19.4 Å². The maximum atomic E-state index is 11.9. The van der Waals surface area contributed by atoms with E-state index in [1.807, 2.05) is 31.2 Å². The van der Waals surface area contributed by atoms with Gasteiger partial charge in [-0.2, -0.15) is 0 Å². The van der Waals surface area contributed by atoms with Gasteiger partial charge in [-0.05, 0) is 36.8 Å². The van der Waals surface area contributed by atoms with E-state index in [1.165, 1.54) is 0 Å². The van der Waals surface area contributed by atoms with Crippen LogP contribution in [-0.4, -0.2) is 17.5 Å². The van der Waals surface area contributed by atoms with Gasteiger partial charge in [-0.3, -0.25) is 9.78 Å². The molecule has 0 spiro atoms. The summed E-state index contributed by atoms with van der Waals surface area (Å²) in [5, 5.41) is 3.46. The van der Waals surface area contributed by atoms with E-state index in [0.29, 0.717) is 17.4 Å². The number of hydrogen-bond acceptors (Lipinski definition) is 3. The molecular weight excluding hydrogens is 288 g/mol. The van der Waals surface area contributed by atoms with Crippen molar-refractivity contribution in [2.75, 3.05) is 6.61 Å². The number of carbonyl (C=O) groups excluding carboxylic acids is 1. The Morgan fingerprint density at radius 3 is 2.71 bits per heavy atom. The first-order valence-corrected chi connectivity index (χ1v) is 7.11. The number of carbonyl (C=O) groups is 1. The lowest BCUT2D eigenvalue weighted by atomic mass is 10.1. The summed E-state index contributed by atoms with van der Waals surface area (Å²) in [6, 6.07) is 10.9. The molecule has 1 aromatic heterocycles. The fourth-order valence-corrected chi connectivity index (χ4v) is 2.05. The van der Waals surface area contributed by atoms with Gasteiger partial charge in [0.25, 0.3) is 0 Å². The number of benzene rings is 1. The molecule has 0 fully saturated rings. The zero-order valence-electron chi connectivity index (χ0n) is 11.8. The number of nitrogens with zero attached hydrogens (tertiary/aromatic N) is 1. The molecule has 110 valence electrons. The van der Waals surface area contributed by atoms with Gasteiger partial charge in [0.15, 0.2) is 0 Å². The van der Waals surface area contributed by atoms with E-state index < -0.39 is 0 Å². The van der Waals surface area contributed by atoms with Crippen LogP contribution in [0, 0.1) is 0 Å². The smallest absolute Gasteiger partial charge is 0.223 e. The van der Waals surface area contributed by atoms with Crippen LogP contribution < -0.4 is 10.1 Å². The maximum absolute atomic E-state index is 11.9. The van der Waals surface area contributed by atoms with Gasteiger partial charge in [0.1, 0.15) is 5.75 Å². The third-order valence-corrected chi connectivity index (χ3v) is 3.32. The third-order valence-electron chi connectivity index (χ3n) is 3.01. The minimum absolute atomic E-state index is 0.0548. The third kappa shape index (κ3) is 4.76. The Labute approximate surface area is 129 Å². The molecule has 0 aliphatic rings. The van der Waals surface area contributed by atoms with Crippen molar-refractivity contribution in [3.8, 4) is 5.75 Å². The van der Waals surface area contributed by atoms with Crippen molar-refractivity contribution in [2.24, 2.45) is 0 Å². The van der Waals surface area contributed by atoms with Crippen LogP contribution in [0.5, 0.6) is 5.75 Å². The number of aromatic nitrogens is 1. The molecule has 0 aliphatic heterocycles. The van der Waals surface area contributed by atoms with Gasteiger partial charge in [-0.1, -0.05) is 23.7 Å². The Balaban J connectivity index is 1.76. The molecule has 1 atom stereocenters. The standard InChI is InChI=1S/C16H17ClN2O2/c1-12(13-6-9-18-10-7-13)19-16(20)8-11-21-15-5-3-2-4-14(15)17/h2-7,9-10,12H,8,11H2,1H3,(H,19,20). The zero-order chi connectivity index (χ0) is 15.1. The first-order chi connectivity index (χ1) is 10.2. The topological polar surface area (TPSA) is 51.2 Å². The molecule has 0 radical (unpaired) electrons. The predicted octanol–water partition coefficient (Wildman–Crippen LogP) is 3.38. The van der Waals surface area contributed by atoms with Crippen molar-refractivity contribution >= 4 is 17.5 Å². The van der Waals surface area contributed by atoms with Gasteiger partial charge in [0, 0.05) is 12.4 Å². The Bertz CT molecular complexity index is 590. The minimum atomic E-state index is -0.0636. The molecule has 5 heteroatoms. The number of amides is 1. The van der Waals surface area contributed by atoms with Crippen LogP contribution in [-0.2, 0) is 4.79 Å². The van der Waals surface area contributed by atoms with Gasteiger partial charge in [-0.15, -0.1) is 0 Å². The fraction of sp³-hybridized carbons (Fsp3) is 0.250. The minimum Gasteiger partial charge on any atom is -0.491 e. The van der Waals surface area contributed by atoms with E-state index in [2.05, 4.69) is 10.3 Å². The summed E-state index contributed by atoms with van der Waals surface area (Å²) in [5.74, 6) is 0.528. The lowest BCUT2D eigenvalue weighted by Crippen LogP contribution is -2.27. The molecule has 0 saturated carbocycles. The van der Waals surface area contributed by atoms with Gasteiger partial charge in [-0.25, -0.2) is 0 Å². The molecule has 21 heavy (non-hydrogen) atoms. The zero-order valence-corrected chi connectivity index (χ0v) is 12.5. The van der Waals surface area contributed by atoms with Crippen LogP contribution in [0.25, 0.3) is 0 Å². The quantitative estimate of drug-likeness (QED) is 0.890. The van der Waals surface area contributed by atoms with E-state index in [0.717, 1.165) is 5.56 Å². The molecule has 2 rings (SSSR count). The molecule has 2 aromatic rings. The van der Waals surface area contributed by atoms with Crippen LogP contribution in [0.3, 0.4) is 0 Å². The van der Waals surface area contributed by atoms with Crippen molar-refractivity contribution in [3.63, 3.8) is 0 Å². The van der Waals surface area contributed by atoms with Crippen molar-refractivity contribution in [1.82, 2.24) is 10.3 Å². The Morgan fingerprint density at radius 2 is 2.00 bits per heavy atom. The molecule has 1 amide bonds. The fourth-order valence-electron chi connectivity index (χ4n) is 1.86. The predicted molar refractivity (Wildman–Crippen MR) is 82.4 cm³/mol. The monoisotopic (exact) mass is 304 g/mol. The van der Waals surface area contributed by atoms with Crippen molar-refractivity contribution < 1.29 is 9.53 Å². The molecule has 1 N–H and O–H groups in total. The second-order valence-electron chi connectivity index (χ2n) is 4.60. The summed E-state index contributed by atoms with van der Waals surface area (Å²) in [5.41, 5.74) is 1.02. The van der Waals surface area contributed by atoms with Gasteiger partial charge in [0.2, 0.25) is 5.91 Å². The highest BCUT2D eigenvalue weighted by Gasteiger charge is 2.09. The van der Waals surface area contributed by atoms with Crippen LogP contribution in [0.1, 0.15) is 24.9 Å². The molecule has 1 aromatic carbocycles. The number of halogens is 1. The van der Waals surface area contributed by atoms with E-state index >= 15 is 0 Å². The van der Waals surface area contributed by atoms with Gasteiger partial charge < -0.3 is 10.1 Å². The van der Waals surface area contributed by atoms with Gasteiger partial charge in [0.05, 0.1) is 24.1 Å². The SMILES string of the molecule is CC(NC(=O)CCOc1ccccc1Cl)c1ccncc1. The number of ether oxygens (including phenoxy) is 1. The Kier molecular flexibility index (Phi) is 5.58. The molecule has 1 heterocycles. The Morgan fingerprint density at radius 1 is 1.29 bits per heavy atom. The van der Waals surface area contributed by atoms with E-state index in [4.69, 9.17) is 16.3 Å². The highest BCUT2D eigenvalue weighted by atomic mass is 35.5. The van der Waals surface area contributed by atoms with Crippen LogP contribution in [0.2, 0.25) is 5.02 Å². The molecule has 0 bridgehead atoms. The summed E-state index contributed by atoms with van der Waals surface area (Å²) >= 11 is 5.97. The number of pyridine rings is 1. The van der Waals surface area contributed by atoms with E-state index in [9.17, 15) is 4.79 Å². The van der Waals surface area contributed by atoms with Crippen LogP contribution in [0.4, 0.5) is 0 Å². The molecule has 1 unspecified atom stereocenters. The molecular formula is C16H17ClN2O2. The summed E-state index contributed by atoms with van der Waals surface area (Å²) in [4.78, 5) is 15.8. The summed E-state index contributed by atoms with van der Waals surface area (Å²) in [6.45, 7) is 2.22. The summed E-state index contributed by atoms with van der Waals surface area (Å²) in [7, 11) is 0. The van der Waals surface area contributed by atoms with E-state index in [1.54, 1.807) is 24.5 Å². The first-order valence-electron chi connectivity index (χ1n) is 6.73. The normalized spacial score (nSPS) is 11.7. The maximum Gasteiger partial charge on any atom is 0.223 e.